The van der Waals surface area contributed by atoms with Gasteiger partial charge in [-0.1, -0.05) is 71.2 Å². The highest BCUT2D eigenvalue weighted by atomic mass is 35.5. The first-order chi connectivity index (χ1) is 15.3. The number of rotatable bonds is 7. The molecule has 0 aromatic heterocycles. The summed E-state index contributed by atoms with van der Waals surface area (Å²) < 4.78 is 5.41. The molecule has 3 aromatic rings. The molecular weight excluding hydrogens is 451 g/mol. The van der Waals surface area contributed by atoms with Crippen LogP contribution in [0.3, 0.4) is 0 Å². The second-order valence-electron chi connectivity index (χ2n) is 6.94. The van der Waals surface area contributed by atoms with E-state index < -0.39 is 30.4 Å². The van der Waals surface area contributed by atoms with Crippen LogP contribution in [-0.2, 0) is 14.3 Å². The predicted molar refractivity (Wildman–Crippen MR) is 124 cm³/mol. The molecule has 6 nitrogen and oxygen atoms in total. The number of ether oxygens (including phenoxy) is 1. The minimum absolute atomic E-state index is 0.156. The van der Waals surface area contributed by atoms with Crippen LogP contribution in [0.4, 0.5) is 5.69 Å². The number of carbonyl (C=O) groups excluding carboxylic acids is 3. The summed E-state index contributed by atoms with van der Waals surface area (Å²) in [6.07, 6.45) is -1.19. The van der Waals surface area contributed by atoms with Crippen molar-refractivity contribution < 1.29 is 19.1 Å². The zero-order valence-corrected chi connectivity index (χ0v) is 18.6. The fraction of sp³-hybridized carbons (Fsp3) is 0.125. The maximum absolute atomic E-state index is 12.9. The van der Waals surface area contributed by atoms with E-state index in [4.69, 9.17) is 27.9 Å². The molecule has 0 fully saturated rings. The van der Waals surface area contributed by atoms with Gasteiger partial charge in [-0.2, -0.15) is 0 Å². The predicted octanol–water partition coefficient (Wildman–Crippen LogP) is 4.95. The first-order valence-electron chi connectivity index (χ1n) is 9.68. The topological polar surface area (TPSA) is 84.5 Å². The molecule has 1 atom stereocenters. The van der Waals surface area contributed by atoms with Gasteiger partial charge in [0.2, 0.25) is 6.10 Å². The van der Waals surface area contributed by atoms with E-state index in [9.17, 15) is 14.4 Å². The van der Waals surface area contributed by atoms with Crippen LogP contribution in [0.15, 0.2) is 72.8 Å². The Morgan fingerprint density at radius 1 is 0.938 bits per heavy atom. The van der Waals surface area contributed by atoms with E-state index in [1.165, 1.54) is 18.2 Å². The van der Waals surface area contributed by atoms with Gasteiger partial charge in [0.1, 0.15) is 6.54 Å². The first-order valence-corrected chi connectivity index (χ1v) is 10.4. The van der Waals surface area contributed by atoms with E-state index >= 15 is 0 Å². The van der Waals surface area contributed by atoms with Crippen molar-refractivity contribution in [1.29, 1.82) is 0 Å². The number of hydrogen-bond donors (Lipinski definition) is 2. The third-order valence-electron chi connectivity index (χ3n) is 4.48. The van der Waals surface area contributed by atoms with Gasteiger partial charge in [-0.05, 0) is 37.3 Å². The summed E-state index contributed by atoms with van der Waals surface area (Å²) in [4.78, 5) is 37.6. The van der Waals surface area contributed by atoms with Crippen molar-refractivity contribution in [3.8, 4) is 0 Å². The van der Waals surface area contributed by atoms with Gasteiger partial charge < -0.3 is 15.4 Å². The minimum atomic E-state index is -1.19. The summed E-state index contributed by atoms with van der Waals surface area (Å²) in [5, 5.41) is 5.72. The van der Waals surface area contributed by atoms with E-state index in [-0.39, 0.29) is 10.6 Å². The molecule has 3 aromatic carbocycles. The molecule has 2 N–H and O–H groups in total. The zero-order chi connectivity index (χ0) is 23.1. The van der Waals surface area contributed by atoms with Crippen molar-refractivity contribution in [2.45, 2.75) is 13.0 Å². The van der Waals surface area contributed by atoms with Crippen LogP contribution in [0.5, 0.6) is 0 Å². The zero-order valence-electron chi connectivity index (χ0n) is 17.1. The summed E-state index contributed by atoms with van der Waals surface area (Å²) in [5.74, 6) is -1.86. The molecule has 0 aliphatic heterocycles. The molecule has 2 amide bonds. The quantitative estimate of drug-likeness (QED) is 0.478. The Kier molecular flexibility index (Phi) is 7.87. The van der Waals surface area contributed by atoms with Gasteiger partial charge >= 0.3 is 5.97 Å². The first kappa shape index (κ1) is 23.3. The number of carbonyl (C=O) groups is 3. The second kappa shape index (κ2) is 10.8. The summed E-state index contributed by atoms with van der Waals surface area (Å²) in [6.45, 7) is 1.49. The number of hydrogen-bond acceptors (Lipinski definition) is 4. The molecule has 0 aliphatic rings. The lowest BCUT2D eigenvalue weighted by Crippen LogP contribution is -2.33. The molecule has 8 heteroatoms. The summed E-state index contributed by atoms with van der Waals surface area (Å²) in [7, 11) is 0. The number of anilines is 1. The van der Waals surface area contributed by atoms with Gasteiger partial charge in [-0.3, -0.25) is 14.4 Å². The fourth-order valence-electron chi connectivity index (χ4n) is 2.84. The van der Waals surface area contributed by atoms with E-state index in [1.807, 2.05) is 19.1 Å². The van der Waals surface area contributed by atoms with Crippen LogP contribution >= 0.6 is 23.2 Å². The molecule has 0 radical (unpaired) electrons. The summed E-state index contributed by atoms with van der Waals surface area (Å²) >= 11 is 11.8. The molecule has 0 heterocycles. The Labute approximate surface area is 195 Å². The molecular formula is C24H20Cl2N2O4. The molecule has 1 unspecified atom stereocenters. The van der Waals surface area contributed by atoms with Crippen molar-refractivity contribution >= 4 is 46.7 Å². The van der Waals surface area contributed by atoms with Crippen molar-refractivity contribution in [2.75, 3.05) is 11.9 Å². The van der Waals surface area contributed by atoms with Crippen LogP contribution in [0.25, 0.3) is 0 Å². The Morgan fingerprint density at radius 2 is 1.62 bits per heavy atom. The summed E-state index contributed by atoms with van der Waals surface area (Å²) in [6, 6.07) is 20.2. The number of aryl methyl sites for hydroxylation is 1. The van der Waals surface area contributed by atoms with Crippen molar-refractivity contribution in [3.63, 3.8) is 0 Å². The smallest absolute Gasteiger partial charge is 0.326 e. The molecule has 0 saturated carbocycles. The average Bonchev–Trinajstić information content (AvgIpc) is 2.78. The SMILES string of the molecule is Cc1ccc(NC(=O)C(OC(=O)CNC(=O)c2ccc(Cl)cc2Cl)c2ccccc2)cc1. The number of halogens is 2. The second-order valence-corrected chi connectivity index (χ2v) is 7.79. The molecule has 3 rings (SSSR count). The average molecular weight is 471 g/mol. The highest BCUT2D eigenvalue weighted by Gasteiger charge is 2.25. The lowest BCUT2D eigenvalue weighted by atomic mass is 10.1. The van der Waals surface area contributed by atoms with Gasteiger partial charge in [-0.15, -0.1) is 0 Å². The molecule has 0 aliphatic carbocycles. The fourth-order valence-corrected chi connectivity index (χ4v) is 3.33. The molecule has 0 spiro atoms. The van der Waals surface area contributed by atoms with Crippen LogP contribution in [-0.4, -0.2) is 24.3 Å². The molecule has 164 valence electrons. The van der Waals surface area contributed by atoms with Gasteiger partial charge in [-0.25, -0.2) is 0 Å². The number of esters is 1. The largest absolute Gasteiger partial charge is 0.446 e. The maximum atomic E-state index is 12.9. The van der Waals surface area contributed by atoms with Crippen molar-refractivity contribution in [1.82, 2.24) is 5.32 Å². The van der Waals surface area contributed by atoms with Crippen molar-refractivity contribution in [3.05, 3.63) is 99.5 Å². The van der Waals surface area contributed by atoms with Crippen LogP contribution < -0.4 is 10.6 Å². The van der Waals surface area contributed by atoms with Gasteiger partial charge in [0.05, 0.1) is 10.6 Å². The van der Waals surface area contributed by atoms with E-state index in [2.05, 4.69) is 10.6 Å². The Balaban J connectivity index is 1.67. The normalized spacial score (nSPS) is 11.3. The van der Waals surface area contributed by atoms with Crippen molar-refractivity contribution in [2.24, 2.45) is 0 Å². The lowest BCUT2D eigenvalue weighted by Gasteiger charge is -2.18. The van der Waals surface area contributed by atoms with Crippen LogP contribution in [0, 0.1) is 6.92 Å². The third kappa shape index (κ3) is 6.33. The molecule has 0 saturated heterocycles. The highest BCUT2D eigenvalue weighted by molar-refractivity contribution is 6.36. The number of amides is 2. The van der Waals surface area contributed by atoms with Gasteiger partial charge in [0.25, 0.3) is 11.8 Å². The maximum Gasteiger partial charge on any atom is 0.326 e. The number of nitrogens with one attached hydrogen (secondary N) is 2. The summed E-state index contributed by atoms with van der Waals surface area (Å²) in [5.41, 5.74) is 2.28. The highest BCUT2D eigenvalue weighted by Crippen LogP contribution is 2.22. The Hall–Kier alpha value is -3.35. The monoisotopic (exact) mass is 470 g/mol. The van der Waals surface area contributed by atoms with E-state index in [0.29, 0.717) is 16.3 Å². The van der Waals surface area contributed by atoms with Gasteiger partial charge in [0.15, 0.2) is 0 Å². The molecule has 0 bridgehead atoms. The lowest BCUT2D eigenvalue weighted by molar-refractivity contribution is -0.153. The minimum Gasteiger partial charge on any atom is -0.446 e. The van der Waals surface area contributed by atoms with E-state index in [0.717, 1.165) is 5.56 Å². The Morgan fingerprint density at radius 3 is 2.28 bits per heavy atom. The third-order valence-corrected chi connectivity index (χ3v) is 5.03. The molecule has 32 heavy (non-hydrogen) atoms. The van der Waals surface area contributed by atoms with Crippen LogP contribution in [0.2, 0.25) is 10.0 Å². The van der Waals surface area contributed by atoms with E-state index in [1.54, 1.807) is 42.5 Å². The Bertz CT molecular complexity index is 1120. The van der Waals surface area contributed by atoms with Gasteiger partial charge in [0, 0.05) is 16.3 Å². The standard InChI is InChI=1S/C24H20Cl2N2O4/c1-15-7-10-18(11-8-15)28-24(31)22(16-5-3-2-4-6-16)32-21(29)14-27-23(30)19-12-9-17(25)13-20(19)26/h2-13,22H,14H2,1H3,(H,27,30)(H,28,31). The van der Waals surface area contributed by atoms with Crippen LogP contribution in [0.1, 0.15) is 27.6 Å². The number of benzene rings is 3.